The zero-order valence-electron chi connectivity index (χ0n) is 14.0. The van der Waals surface area contributed by atoms with Crippen LogP contribution in [0.2, 0.25) is 0 Å². The van der Waals surface area contributed by atoms with Crippen LogP contribution in [-0.2, 0) is 16.6 Å². The van der Waals surface area contributed by atoms with Crippen molar-refractivity contribution in [2.45, 2.75) is 25.3 Å². The van der Waals surface area contributed by atoms with Crippen molar-refractivity contribution in [2.24, 2.45) is 0 Å². The summed E-state index contributed by atoms with van der Waals surface area (Å²) in [4.78, 5) is 18.0. The number of hydrogen-bond acceptors (Lipinski definition) is 7. The fourth-order valence-corrected chi connectivity index (χ4v) is 3.68. The van der Waals surface area contributed by atoms with Crippen LogP contribution in [0.5, 0.6) is 0 Å². The number of hydrogen-bond donors (Lipinski definition) is 1. The van der Waals surface area contributed by atoms with Crippen LogP contribution < -0.4 is 0 Å². The van der Waals surface area contributed by atoms with E-state index in [0.717, 1.165) is 0 Å². The third-order valence-corrected chi connectivity index (χ3v) is 5.54. The highest BCUT2D eigenvalue weighted by Crippen LogP contribution is 2.27. The van der Waals surface area contributed by atoms with Gasteiger partial charge in [0.25, 0.3) is 5.91 Å². The topological polar surface area (TPSA) is 125 Å². The molecular weight excluding hydrogens is 348 g/mol. The minimum Gasteiger partial charge on any atom is -0.337 e. The lowest BCUT2D eigenvalue weighted by Crippen LogP contribution is -2.37. The molecule has 1 amide bonds. The van der Waals surface area contributed by atoms with Gasteiger partial charge in [-0.15, -0.1) is 0 Å². The molecule has 1 aliphatic heterocycles. The molecule has 0 spiro atoms. The molecule has 25 heavy (non-hydrogen) atoms. The molecule has 11 heteroatoms. The van der Waals surface area contributed by atoms with Crippen LogP contribution in [0.4, 0.5) is 0 Å². The van der Waals surface area contributed by atoms with E-state index in [2.05, 4.69) is 20.3 Å². The van der Waals surface area contributed by atoms with Gasteiger partial charge in [0.1, 0.15) is 0 Å². The Hall–Kier alpha value is -2.27. The number of sulfonamides is 1. The van der Waals surface area contributed by atoms with Gasteiger partial charge in [0.15, 0.2) is 5.82 Å². The first-order valence-electron chi connectivity index (χ1n) is 7.86. The van der Waals surface area contributed by atoms with E-state index in [1.807, 2.05) is 0 Å². The Morgan fingerprint density at radius 2 is 2.16 bits per heavy atom. The number of carbonyl (C=O) groups excluding carboxylic acids is 1. The van der Waals surface area contributed by atoms with Crippen LogP contribution >= 0.6 is 0 Å². The number of rotatable bonds is 5. The molecule has 136 valence electrons. The number of aromatic nitrogens is 4. The summed E-state index contributed by atoms with van der Waals surface area (Å²) in [6, 6.07) is 0. The van der Waals surface area contributed by atoms with Crippen molar-refractivity contribution < 1.29 is 17.7 Å². The maximum Gasteiger partial charge on any atom is 0.257 e. The fraction of sp³-hybridized carbons (Fsp3) is 0.571. The van der Waals surface area contributed by atoms with E-state index in [0.29, 0.717) is 43.2 Å². The second kappa shape index (κ2) is 6.92. The Kier molecular flexibility index (Phi) is 4.86. The third-order valence-electron chi connectivity index (χ3n) is 4.24. The van der Waals surface area contributed by atoms with Gasteiger partial charge < -0.3 is 9.42 Å². The number of H-pyrrole nitrogens is 1. The molecule has 10 nitrogen and oxygen atoms in total. The van der Waals surface area contributed by atoms with E-state index in [4.69, 9.17) is 4.52 Å². The van der Waals surface area contributed by atoms with Crippen molar-refractivity contribution in [3.63, 3.8) is 0 Å². The van der Waals surface area contributed by atoms with Crippen molar-refractivity contribution in [1.29, 1.82) is 0 Å². The molecule has 3 rings (SSSR count). The zero-order valence-corrected chi connectivity index (χ0v) is 14.9. The summed E-state index contributed by atoms with van der Waals surface area (Å²) >= 11 is 0. The first-order valence-corrected chi connectivity index (χ1v) is 9.71. The largest absolute Gasteiger partial charge is 0.337 e. The average Bonchev–Trinajstić information content (AvgIpc) is 3.25. The molecule has 0 atom stereocenters. The average molecular weight is 368 g/mol. The van der Waals surface area contributed by atoms with Crippen molar-refractivity contribution in [3.8, 4) is 0 Å². The lowest BCUT2D eigenvalue weighted by atomic mass is 9.98. The van der Waals surface area contributed by atoms with E-state index in [1.165, 1.54) is 27.9 Å². The molecule has 0 saturated carbocycles. The predicted molar refractivity (Wildman–Crippen MR) is 87.1 cm³/mol. The Labute approximate surface area is 145 Å². The summed E-state index contributed by atoms with van der Waals surface area (Å²) < 4.78 is 29.8. The molecule has 2 aromatic rings. The first kappa shape index (κ1) is 17.5. The number of carbonyl (C=O) groups is 1. The normalized spacial score (nSPS) is 16.9. The summed E-state index contributed by atoms with van der Waals surface area (Å²) in [7, 11) is -1.51. The highest BCUT2D eigenvalue weighted by molar-refractivity contribution is 7.88. The fourth-order valence-electron chi connectivity index (χ4n) is 2.81. The predicted octanol–water partition coefficient (Wildman–Crippen LogP) is 0.204. The van der Waals surface area contributed by atoms with Crippen molar-refractivity contribution in [3.05, 3.63) is 29.7 Å². The quantitative estimate of drug-likeness (QED) is 0.799. The Morgan fingerprint density at radius 3 is 2.76 bits per heavy atom. The van der Waals surface area contributed by atoms with Gasteiger partial charge in [-0.2, -0.15) is 10.1 Å². The summed E-state index contributed by atoms with van der Waals surface area (Å²) in [5, 5.41) is 10.3. The van der Waals surface area contributed by atoms with Crippen LogP contribution in [0, 0.1) is 0 Å². The molecule has 0 radical (unpaired) electrons. The number of nitrogens with one attached hydrogen (secondary N) is 1. The molecule has 0 aromatic carbocycles. The lowest BCUT2D eigenvalue weighted by Gasteiger charge is -2.28. The lowest BCUT2D eigenvalue weighted by molar-refractivity contribution is 0.0769. The van der Waals surface area contributed by atoms with Gasteiger partial charge in [-0.05, 0) is 12.8 Å². The Morgan fingerprint density at radius 1 is 1.44 bits per heavy atom. The maximum atomic E-state index is 12.2. The van der Waals surface area contributed by atoms with Gasteiger partial charge in [0, 0.05) is 32.3 Å². The summed E-state index contributed by atoms with van der Waals surface area (Å²) in [6.07, 6.45) is 5.49. The maximum absolute atomic E-state index is 12.2. The molecule has 1 N–H and O–H groups in total. The number of piperidine rings is 1. The van der Waals surface area contributed by atoms with Gasteiger partial charge in [-0.1, -0.05) is 5.16 Å². The van der Waals surface area contributed by atoms with Crippen molar-refractivity contribution >= 4 is 15.9 Å². The van der Waals surface area contributed by atoms with Crippen molar-refractivity contribution in [1.82, 2.24) is 29.5 Å². The third kappa shape index (κ3) is 4.04. The SMILES string of the molecule is CN(Cc1nc(C2CCN(S(C)(=O)=O)CC2)no1)C(=O)c1cn[nH]c1. The molecule has 3 heterocycles. The van der Waals surface area contributed by atoms with E-state index in [1.54, 1.807) is 7.05 Å². The van der Waals surface area contributed by atoms with E-state index in [-0.39, 0.29) is 18.4 Å². The highest BCUT2D eigenvalue weighted by atomic mass is 32.2. The number of aromatic amines is 1. The van der Waals surface area contributed by atoms with Crippen LogP contribution in [0.3, 0.4) is 0 Å². The van der Waals surface area contributed by atoms with E-state index >= 15 is 0 Å². The molecule has 0 aliphatic carbocycles. The standard InChI is InChI=1S/C14H20N6O4S/c1-19(14(21)11-7-15-16-8-11)9-12-17-13(18-24-12)10-3-5-20(6-4-10)25(2,22)23/h7-8,10H,3-6,9H2,1-2H3,(H,15,16). The van der Waals surface area contributed by atoms with Gasteiger partial charge >= 0.3 is 0 Å². The highest BCUT2D eigenvalue weighted by Gasteiger charge is 2.28. The summed E-state index contributed by atoms with van der Waals surface area (Å²) in [5.41, 5.74) is 0.454. The van der Waals surface area contributed by atoms with Gasteiger partial charge in [0.2, 0.25) is 15.9 Å². The second-order valence-electron chi connectivity index (χ2n) is 6.13. The minimum absolute atomic E-state index is 0.0605. The number of amides is 1. The van der Waals surface area contributed by atoms with E-state index < -0.39 is 10.0 Å². The van der Waals surface area contributed by atoms with Gasteiger partial charge in [0.05, 0.1) is 24.6 Å². The summed E-state index contributed by atoms with van der Waals surface area (Å²) in [6.45, 7) is 1.09. The van der Waals surface area contributed by atoms with Crippen LogP contribution in [0.25, 0.3) is 0 Å². The molecule has 2 aromatic heterocycles. The van der Waals surface area contributed by atoms with Crippen LogP contribution in [0.15, 0.2) is 16.9 Å². The second-order valence-corrected chi connectivity index (χ2v) is 8.11. The van der Waals surface area contributed by atoms with Gasteiger partial charge in [-0.25, -0.2) is 12.7 Å². The van der Waals surface area contributed by atoms with Crippen LogP contribution in [0.1, 0.15) is 40.8 Å². The molecule has 1 saturated heterocycles. The monoisotopic (exact) mass is 368 g/mol. The van der Waals surface area contributed by atoms with E-state index in [9.17, 15) is 13.2 Å². The minimum atomic E-state index is -3.16. The molecule has 0 unspecified atom stereocenters. The Balaban J connectivity index is 1.59. The molecule has 0 bridgehead atoms. The molecule has 1 fully saturated rings. The molecule has 1 aliphatic rings. The van der Waals surface area contributed by atoms with Crippen LogP contribution in [-0.4, -0.2) is 70.3 Å². The first-order chi connectivity index (χ1) is 11.8. The van der Waals surface area contributed by atoms with Gasteiger partial charge in [-0.3, -0.25) is 9.89 Å². The zero-order chi connectivity index (χ0) is 18.0. The number of nitrogens with zero attached hydrogens (tertiary/aromatic N) is 5. The summed E-state index contributed by atoms with van der Waals surface area (Å²) in [5.74, 6) is 0.771. The Bertz CT molecular complexity index is 823. The molecular formula is C14H20N6O4S. The van der Waals surface area contributed by atoms with Crippen molar-refractivity contribution in [2.75, 3.05) is 26.4 Å². The smallest absolute Gasteiger partial charge is 0.257 e.